The van der Waals surface area contributed by atoms with Gasteiger partial charge in [0.05, 0.1) is 0 Å². The molecule has 2 rings (SSSR count). The first-order valence-electron chi connectivity index (χ1n) is 13.3. The Morgan fingerprint density at radius 2 is 1.61 bits per heavy atom. The van der Waals surface area contributed by atoms with Crippen molar-refractivity contribution < 1.29 is 0 Å². The van der Waals surface area contributed by atoms with Crippen LogP contribution in [0, 0.1) is 11.3 Å². The average Bonchev–Trinajstić information content (AvgIpc) is 2.80. The topological polar surface area (TPSA) is 0 Å². The van der Waals surface area contributed by atoms with E-state index >= 15 is 0 Å². The van der Waals surface area contributed by atoms with E-state index in [1.807, 2.05) is 13.8 Å². The van der Waals surface area contributed by atoms with Crippen LogP contribution in [0.25, 0.3) is 0 Å². The van der Waals surface area contributed by atoms with E-state index in [2.05, 4.69) is 84.5 Å². The minimum absolute atomic E-state index is 0.539. The Morgan fingerprint density at radius 1 is 1.00 bits per heavy atom. The van der Waals surface area contributed by atoms with Crippen LogP contribution in [0.4, 0.5) is 0 Å². The van der Waals surface area contributed by atoms with Crippen LogP contribution in [0.15, 0.2) is 54.1 Å². The summed E-state index contributed by atoms with van der Waals surface area (Å²) in [5.41, 5.74) is 4.79. The lowest BCUT2D eigenvalue weighted by Gasteiger charge is -2.44. The van der Waals surface area contributed by atoms with Crippen LogP contribution in [0.1, 0.15) is 131 Å². The van der Waals surface area contributed by atoms with Gasteiger partial charge in [-0.05, 0) is 81.6 Å². The molecule has 1 fully saturated rings. The molecule has 0 heterocycles. The summed E-state index contributed by atoms with van der Waals surface area (Å²) in [6.45, 7) is 21.8. The lowest BCUT2D eigenvalue weighted by Crippen LogP contribution is -2.32. The number of hydrogen-bond donors (Lipinski definition) is 0. The van der Waals surface area contributed by atoms with E-state index in [-0.39, 0.29) is 0 Å². The van der Waals surface area contributed by atoms with Gasteiger partial charge in [-0.2, -0.15) is 0 Å². The van der Waals surface area contributed by atoms with Crippen LogP contribution in [-0.4, -0.2) is 0 Å². The summed E-state index contributed by atoms with van der Waals surface area (Å²) < 4.78 is 0. The third-order valence-corrected chi connectivity index (χ3v) is 6.88. The molecule has 0 spiro atoms. The standard InChI is InChI=1S/C25H38.C4H10.C2H6/c1-6-15-25(16-11-12-22(5)21(4)7-2)18-20(3)17-24(19-25)23-13-9-8-10-14-23;1-3-4-2;1-2/h7-10,13-14,20,24H,5-6,11-12,15-19H2,1-4H3;3-4H2,1-2H3;1-2H3/b21-7+;;. The fourth-order valence-electron chi connectivity index (χ4n) is 5.12. The minimum Gasteiger partial charge on any atom is -0.0956 e. The van der Waals surface area contributed by atoms with Gasteiger partial charge in [0.1, 0.15) is 0 Å². The summed E-state index contributed by atoms with van der Waals surface area (Å²) in [6, 6.07) is 11.2. The SMILES string of the molecule is C=C(CCCC1(CCC)CC(C)CC(c2ccccc2)C1)/C(C)=C/C.CC.CCCC. The Hall–Kier alpha value is -1.30. The Kier molecular flexibility index (Phi) is 16.6. The summed E-state index contributed by atoms with van der Waals surface area (Å²) >= 11 is 0. The third kappa shape index (κ3) is 11.2. The van der Waals surface area contributed by atoms with Gasteiger partial charge in [-0.15, -0.1) is 0 Å². The molecule has 0 amide bonds. The van der Waals surface area contributed by atoms with Crippen molar-refractivity contribution in [1.29, 1.82) is 0 Å². The van der Waals surface area contributed by atoms with E-state index in [9.17, 15) is 0 Å². The summed E-state index contributed by atoms with van der Waals surface area (Å²) in [6.07, 6.45) is 15.5. The highest BCUT2D eigenvalue weighted by molar-refractivity contribution is 5.25. The van der Waals surface area contributed by atoms with Crippen LogP contribution in [-0.2, 0) is 0 Å². The van der Waals surface area contributed by atoms with Gasteiger partial charge in [-0.3, -0.25) is 0 Å². The van der Waals surface area contributed by atoms with Crippen LogP contribution in [0.2, 0.25) is 0 Å². The molecule has 1 aliphatic rings. The Balaban J connectivity index is 0.00000134. The lowest BCUT2D eigenvalue weighted by molar-refractivity contribution is 0.100. The zero-order valence-corrected chi connectivity index (χ0v) is 22.4. The van der Waals surface area contributed by atoms with Gasteiger partial charge in [0.25, 0.3) is 0 Å². The van der Waals surface area contributed by atoms with E-state index in [0.29, 0.717) is 5.41 Å². The Bertz CT molecular complexity index is 592. The smallest absolute Gasteiger partial charge is 0.0154 e. The molecule has 0 N–H and O–H groups in total. The molecule has 3 unspecified atom stereocenters. The first-order valence-corrected chi connectivity index (χ1v) is 13.3. The predicted molar refractivity (Wildman–Crippen MR) is 144 cm³/mol. The van der Waals surface area contributed by atoms with Crippen molar-refractivity contribution in [3.05, 3.63) is 59.7 Å². The van der Waals surface area contributed by atoms with E-state index in [0.717, 1.165) is 18.3 Å². The second-order valence-corrected chi connectivity index (χ2v) is 9.54. The molecule has 3 atom stereocenters. The molecular formula is C31H54. The molecule has 0 radical (unpaired) electrons. The number of hydrogen-bond acceptors (Lipinski definition) is 0. The normalized spacial score (nSPS) is 23.2. The maximum Gasteiger partial charge on any atom is -0.0154 e. The second-order valence-electron chi connectivity index (χ2n) is 9.54. The van der Waals surface area contributed by atoms with Crippen LogP contribution in [0.5, 0.6) is 0 Å². The zero-order valence-electron chi connectivity index (χ0n) is 22.4. The van der Waals surface area contributed by atoms with Gasteiger partial charge >= 0.3 is 0 Å². The lowest BCUT2D eigenvalue weighted by atomic mass is 9.60. The van der Waals surface area contributed by atoms with Gasteiger partial charge in [-0.1, -0.05) is 115 Å². The minimum atomic E-state index is 0.539. The molecule has 0 bridgehead atoms. The number of allylic oxidation sites excluding steroid dienone is 3. The van der Waals surface area contributed by atoms with Crippen molar-refractivity contribution in [2.45, 2.75) is 126 Å². The highest BCUT2D eigenvalue weighted by Crippen LogP contribution is 2.51. The monoisotopic (exact) mass is 426 g/mol. The molecule has 31 heavy (non-hydrogen) atoms. The molecule has 0 aliphatic heterocycles. The first-order chi connectivity index (χ1) is 14.9. The van der Waals surface area contributed by atoms with E-state index in [4.69, 9.17) is 0 Å². The van der Waals surface area contributed by atoms with Gasteiger partial charge in [-0.25, -0.2) is 0 Å². The predicted octanol–water partition coefficient (Wildman–Crippen LogP) is 10.9. The molecule has 0 heteroatoms. The maximum atomic E-state index is 4.29. The number of rotatable bonds is 9. The molecule has 0 nitrogen and oxygen atoms in total. The molecule has 1 saturated carbocycles. The maximum absolute atomic E-state index is 4.29. The average molecular weight is 427 g/mol. The summed E-state index contributed by atoms with van der Waals surface area (Å²) in [5, 5.41) is 0. The molecule has 178 valence electrons. The fraction of sp³-hybridized carbons (Fsp3) is 0.677. The van der Waals surface area contributed by atoms with Gasteiger partial charge in [0, 0.05) is 0 Å². The largest absolute Gasteiger partial charge is 0.0956 e. The van der Waals surface area contributed by atoms with Crippen LogP contribution in [0.3, 0.4) is 0 Å². The Morgan fingerprint density at radius 3 is 2.13 bits per heavy atom. The Labute approximate surface area is 196 Å². The van der Waals surface area contributed by atoms with Crippen molar-refractivity contribution in [2.75, 3.05) is 0 Å². The molecule has 1 aliphatic carbocycles. The van der Waals surface area contributed by atoms with Crippen LogP contribution < -0.4 is 0 Å². The van der Waals surface area contributed by atoms with Crippen molar-refractivity contribution >= 4 is 0 Å². The van der Waals surface area contributed by atoms with Crippen molar-refractivity contribution in [3.63, 3.8) is 0 Å². The van der Waals surface area contributed by atoms with E-state index < -0.39 is 0 Å². The molecule has 1 aromatic rings. The van der Waals surface area contributed by atoms with Gasteiger partial charge in [0.15, 0.2) is 0 Å². The first kappa shape index (κ1) is 29.7. The zero-order chi connectivity index (χ0) is 23.7. The molecule has 1 aromatic carbocycles. The summed E-state index contributed by atoms with van der Waals surface area (Å²) in [7, 11) is 0. The number of unbranched alkanes of at least 4 members (excludes halogenated alkanes) is 1. The third-order valence-electron chi connectivity index (χ3n) is 6.88. The second kappa shape index (κ2) is 17.3. The van der Waals surface area contributed by atoms with Crippen molar-refractivity contribution in [2.24, 2.45) is 11.3 Å². The fourth-order valence-corrected chi connectivity index (χ4v) is 5.12. The highest BCUT2D eigenvalue weighted by atomic mass is 14.4. The van der Waals surface area contributed by atoms with Gasteiger partial charge in [0.2, 0.25) is 0 Å². The van der Waals surface area contributed by atoms with E-state index in [1.165, 1.54) is 68.9 Å². The van der Waals surface area contributed by atoms with E-state index in [1.54, 1.807) is 5.56 Å². The number of benzene rings is 1. The molecule has 0 aromatic heterocycles. The van der Waals surface area contributed by atoms with Crippen molar-refractivity contribution in [1.82, 2.24) is 0 Å². The van der Waals surface area contributed by atoms with Crippen LogP contribution >= 0.6 is 0 Å². The summed E-state index contributed by atoms with van der Waals surface area (Å²) in [4.78, 5) is 0. The molecule has 0 saturated heterocycles. The highest BCUT2D eigenvalue weighted by Gasteiger charge is 2.38. The molecular weight excluding hydrogens is 372 g/mol. The van der Waals surface area contributed by atoms with Crippen molar-refractivity contribution in [3.8, 4) is 0 Å². The summed E-state index contributed by atoms with van der Waals surface area (Å²) in [5.74, 6) is 1.59. The van der Waals surface area contributed by atoms with Gasteiger partial charge < -0.3 is 0 Å². The quantitative estimate of drug-likeness (QED) is 0.344.